The molecule has 0 saturated carbocycles. The van der Waals surface area contributed by atoms with E-state index in [0.29, 0.717) is 21.6 Å². The van der Waals surface area contributed by atoms with Crippen LogP contribution >= 0.6 is 23.4 Å². The van der Waals surface area contributed by atoms with Gasteiger partial charge in [-0.25, -0.2) is 0 Å². The molecule has 1 unspecified atom stereocenters. The smallest absolute Gasteiger partial charge is 0.237 e. The number of hydrogen-bond acceptors (Lipinski definition) is 5. The lowest BCUT2D eigenvalue weighted by Crippen LogP contribution is -2.22. The summed E-state index contributed by atoms with van der Waals surface area (Å²) in [6, 6.07) is 4.99. The number of aryl methyl sites for hydroxylation is 1. The van der Waals surface area contributed by atoms with Gasteiger partial charge in [-0.05, 0) is 32.0 Å². The van der Waals surface area contributed by atoms with Crippen molar-refractivity contribution in [3.8, 4) is 0 Å². The Labute approximate surface area is 132 Å². The number of carbonyl (C=O) groups excluding carboxylic acids is 1. The van der Waals surface area contributed by atoms with E-state index in [1.165, 1.54) is 11.8 Å². The minimum absolute atomic E-state index is 0.137. The summed E-state index contributed by atoms with van der Waals surface area (Å²) in [5, 5.41) is 11.6. The Morgan fingerprint density at radius 2 is 2.19 bits per heavy atom. The third kappa shape index (κ3) is 3.68. The maximum absolute atomic E-state index is 12.2. The number of nitrogens with two attached hydrogens (primary N) is 1. The summed E-state index contributed by atoms with van der Waals surface area (Å²) in [5.41, 5.74) is 6.75. The fourth-order valence-electron chi connectivity index (χ4n) is 1.57. The third-order valence-corrected chi connectivity index (χ3v) is 4.45. The minimum atomic E-state index is -0.316. The molecule has 1 heterocycles. The molecule has 0 fully saturated rings. The number of carbonyl (C=O) groups is 1. The molecule has 0 saturated heterocycles. The molecule has 0 bridgehead atoms. The van der Waals surface area contributed by atoms with Crippen molar-refractivity contribution >= 4 is 40.6 Å². The van der Waals surface area contributed by atoms with Crippen LogP contribution in [0.2, 0.25) is 5.02 Å². The average molecular weight is 326 g/mol. The van der Waals surface area contributed by atoms with E-state index >= 15 is 0 Å². The zero-order valence-corrected chi connectivity index (χ0v) is 13.5. The standard InChI is InChI=1S/C13H16ClN5OS/c1-7(21-13-18-17-8(2)19(13)3)12(20)16-9-4-5-10(14)11(15)6-9/h4-7H,15H2,1-3H3,(H,16,20). The van der Waals surface area contributed by atoms with Gasteiger partial charge < -0.3 is 15.6 Å². The van der Waals surface area contributed by atoms with Crippen LogP contribution in [-0.4, -0.2) is 25.9 Å². The second-order valence-corrected chi connectivity index (χ2v) is 6.29. The Morgan fingerprint density at radius 3 is 2.76 bits per heavy atom. The van der Waals surface area contributed by atoms with Crippen molar-refractivity contribution < 1.29 is 4.79 Å². The first-order chi connectivity index (χ1) is 9.88. The molecule has 3 N–H and O–H groups in total. The fraction of sp³-hybridized carbons (Fsp3) is 0.308. The summed E-state index contributed by atoms with van der Waals surface area (Å²) in [7, 11) is 1.86. The normalized spacial score (nSPS) is 12.2. The van der Waals surface area contributed by atoms with Gasteiger partial charge in [0.05, 0.1) is 16.0 Å². The molecular formula is C13H16ClN5OS. The summed E-state index contributed by atoms with van der Waals surface area (Å²) < 4.78 is 1.84. The predicted molar refractivity (Wildman–Crippen MR) is 85.6 cm³/mol. The van der Waals surface area contributed by atoms with E-state index < -0.39 is 0 Å². The molecule has 6 nitrogen and oxygen atoms in total. The number of hydrogen-bond donors (Lipinski definition) is 2. The van der Waals surface area contributed by atoms with Crippen LogP contribution in [0.5, 0.6) is 0 Å². The number of thioether (sulfide) groups is 1. The van der Waals surface area contributed by atoms with E-state index in [-0.39, 0.29) is 11.2 Å². The van der Waals surface area contributed by atoms with Crippen molar-refractivity contribution in [1.29, 1.82) is 0 Å². The number of nitrogens with one attached hydrogen (secondary N) is 1. The topological polar surface area (TPSA) is 85.8 Å². The Balaban J connectivity index is 2.02. The number of aromatic nitrogens is 3. The van der Waals surface area contributed by atoms with Gasteiger partial charge in [-0.1, -0.05) is 23.4 Å². The average Bonchev–Trinajstić information content (AvgIpc) is 2.75. The molecule has 1 amide bonds. The number of nitrogen functional groups attached to an aromatic ring is 1. The van der Waals surface area contributed by atoms with E-state index in [1.54, 1.807) is 18.2 Å². The molecule has 8 heteroatoms. The van der Waals surface area contributed by atoms with Gasteiger partial charge in [0.1, 0.15) is 5.82 Å². The van der Waals surface area contributed by atoms with Gasteiger partial charge in [0.2, 0.25) is 5.91 Å². The first-order valence-electron chi connectivity index (χ1n) is 6.27. The molecule has 2 aromatic rings. The zero-order chi connectivity index (χ0) is 15.6. The SMILES string of the molecule is Cc1nnc(SC(C)C(=O)Nc2ccc(Cl)c(N)c2)n1C. The fourth-order valence-corrected chi connectivity index (χ4v) is 2.55. The van der Waals surface area contributed by atoms with E-state index in [1.807, 2.05) is 25.5 Å². The highest BCUT2D eigenvalue weighted by molar-refractivity contribution is 8.00. The highest BCUT2D eigenvalue weighted by atomic mass is 35.5. The highest BCUT2D eigenvalue weighted by Crippen LogP contribution is 2.25. The van der Waals surface area contributed by atoms with E-state index in [2.05, 4.69) is 15.5 Å². The second kappa shape index (κ2) is 6.36. The van der Waals surface area contributed by atoms with Crippen LogP contribution in [0, 0.1) is 6.92 Å². The third-order valence-electron chi connectivity index (χ3n) is 2.97. The summed E-state index contributed by atoms with van der Waals surface area (Å²) in [6.07, 6.45) is 0. The first-order valence-corrected chi connectivity index (χ1v) is 7.52. The predicted octanol–water partition coefficient (Wildman–Crippen LogP) is 2.48. The quantitative estimate of drug-likeness (QED) is 0.666. The molecule has 0 radical (unpaired) electrons. The molecule has 1 aromatic heterocycles. The van der Waals surface area contributed by atoms with Gasteiger partial charge in [0.15, 0.2) is 5.16 Å². The molecule has 1 aromatic carbocycles. The minimum Gasteiger partial charge on any atom is -0.397 e. The van der Waals surface area contributed by atoms with Gasteiger partial charge >= 0.3 is 0 Å². The molecule has 21 heavy (non-hydrogen) atoms. The second-order valence-electron chi connectivity index (χ2n) is 4.57. The first kappa shape index (κ1) is 15.7. The largest absolute Gasteiger partial charge is 0.397 e. The number of amides is 1. The molecule has 112 valence electrons. The van der Waals surface area contributed by atoms with Crippen LogP contribution in [0.15, 0.2) is 23.4 Å². The van der Waals surface area contributed by atoms with Crippen LogP contribution in [0.1, 0.15) is 12.7 Å². The van der Waals surface area contributed by atoms with Gasteiger partial charge in [-0.15, -0.1) is 10.2 Å². The van der Waals surface area contributed by atoms with Crippen molar-refractivity contribution in [1.82, 2.24) is 14.8 Å². The van der Waals surface area contributed by atoms with E-state index in [0.717, 1.165) is 5.82 Å². The Hall–Kier alpha value is -1.73. The Kier molecular flexibility index (Phi) is 4.74. The maximum atomic E-state index is 12.2. The van der Waals surface area contributed by atoms with E-state index in [9.17, 15) is 4.79 Å². The monoisotopic (exact) mass is 325 g/mol. The van der Waals surface area contributed by atoms with Gasteiger partial charge in [-0.3, -0.25) is 4.79 Å². The van der Waals surface area contributed by atoms with Crippen molar-refractivity contribution in [3.05, 3.63) is 29.0 Å². The lowest BCUT2D eigenvalue weighted by atomic mass is 10.2. The molecule has 2 rings (SSSR count). The van der Waals surface area contributed by atoms with Crippen molar-refractivity contribution in [2.24, 2.45) is 7.05 Å². The maximum Gasteiger partial charge on any atom is 0.237 e. The van der Waals surface area contributed by atoms with E-state index in [4.69, 9.17) is 17.3 Å². The molecule has 0 spiro atoms. The molecular weight excluding hydrogens is 310 g/mol. The van der Waals surface area contributed by atoms with Gasteiger partial charge in [0.25, 0.3) is 0 Å². The van der Waals surface area contributed by atoms with Crippen LogP contribution in [0.3, 0.4) is 0 Å². The number of nitrogens with zero attached hydrogens (tertiary/aromatic N) is 3. The lowest BCUT2D eigenvalue weighted by molar-refractivity contribution is -0.115. The molecule has 1 atom stereocenters. The lowest BCUT2D eigenvalue weighted by Gasteiger charge is -2.12. The molecule has 0 aliphatic carbocycles. The number of anilines is 2. The highest BCUT2D eigenvalue weighted by Gasteiger charge is 2.18. The number of halogens is 1. The van der Waals surface area contributed by atoms with Crippen LogP contribution in [-0.2, 0) is 11.8 Å². The summed E-state index contributed by atoms with van der Waals surface area (Å²) >= 11 is 7.19. The van der Waals surface area contributed by atoms with Crippen molar-refractivity contribution in [3.63, 3.8) is 0 Å². The number of rotatable bonds is 4. The van der Waals surface area contributed by atoms with Crippen LogP contribution in [0.25, 0.3) is 0 Å². The summed E-state index contributed by atoms with van der Waals surface area (Å²) in [5.74, 6) is 0.665. The van der Waals surface area contributed by atoms with Gasteiger partial charge in [-0.2, -0.15) is 0 Å². The van der Waals surface area contributed by atoms with Crippen molar-refractivity contribution in [2.75, 3.05) is 11.1 Å². The number of benzene rings is 1. The van der Waals surface area contributed by atoms with Crippen LogP contribution in [0.4, 0.5) is 11.4 Å². The van der Waals surface area contributed by atoms with Gasteiger partial charge in [0, 0.05) is 12.7 Å². The van der Waals surface area contributed by atoms with Crippen LogP contribution < -0.4 is 11.1 Å². The molecule has 0 aliphatic heterocycles. The Bertz CT molecular complexity index is 673. The Morgan fingerprint density at radius 1 is 1.48 bits per heavy atom. The summed E-state index contributed by atoms with van der Waals surface area (Å²) in [6.45, 7) is 3.67. The zero-order valence-electron chi connectivity index (χ0n) is 11.9. The molecule has 0 aliphatic rings. The summed E-state index contributed by atoms with van der Waals surface area (Å²) in [4.78, 5) is 12.2. The van der Waals surface area contributed by atoms with Crippen molar-refractivity contribution in [2.45, 2.75) is 24.3 Å².